The Hall–Kier alpha value is -0.140. The summed E-state index contributed by atoms with van der Waals surface area (Å²) in [4.78, 5) is 12.1. The lowest BCUT2D eigenvalue weighted by Crippen LogP contribution is -2.37. The van der Waals surface area contributed by atoms with Crippen LogP contribution in [0.4, 0.5) is 5.69 Å². The topological polar surface area (TPSA) is 41.1 Å². The molecule has 0 radical (unpaired) electrons. The molecule has 1 saturated heterocycles. The first-order chi connectivity index (χ1) is 8.16. The lowest BCUT2D eigenvalue weighted by atomic mass is 9.99. The molecule has 0 unspecified atom stereocenters. The molecule has 2 rings (SSSR count). The van der Waals surface area contributed by atoms with Crippen molar-refractivity contribution in [2.75, 3.05) is 18.4 Å². The van der Waals surface area contributed by atoms with Gasteiger partial charge in [0.1, 0.15) is 0 Å². The van der Waals surface area contributed by atoms with Gasteiger partial charge in [-0.05, 0) is 76.1 Å². The molecule has 3 nitrogen and oxygen atoms in total. The van der Waals surface area contributed by atoms with Crippen LogP contribution in [0.5, 0.6) is 0 Å². The third-order valence-corrected chi connectivity index (χ3v) is 4.22. The van der Waals surface area contributed by atoms with Gasteiger partial charge < -0.3 is 10.6 Å². The Balaban J connectivity index is 2.04. The maximum Gasteiger partial charge on any atom is 0.228 e. The fraction of sp³-hybridized carbons (Fsp3) is 0.417. The Labute approximate surface area is 123 Å². The van der Waals surface area contributed by atoms with Crippen molar-refractivity contribution in [3.63, 3.8) is 0 Å². The summed E-state index contributed by atoms with van der Waals surface area (Å²) in [5.74, 6) is 0.202. The highest BCUT2D eigenvalue weighted by Crippen LogP contribution is 2.25. The largest absolute Gasteiger partial charge is 0.325 e. The van der Waals surface area contributed by atoms with E-state index >= 15 is 0 Å². The number of benzene rings is 1. The van der Waals surface area contributed by atoms with Crippen LogP contribution < -0.4 is 10.6 Å². The number of hydrogen-bond acceptors (Lipinski definition) is 2. The van der Waals surface area contributed by atoms with Gasteiger partial charge in [-0.3, -0.25) is 4.79 Å². The Kier molecular flexibility index (Phi) is 4.81. The van der Waals surface area contributed by atoms with Gasteiger partial charge in [0.25, 0.3) is 0 Å². The Morgan fingerprint density at radius 1 is 1.53 bits per heavy atom. The minimum atomic E-state index is 0.0912. The van der Waals surface area contributed by atoms with Gasteiger partial charge in [0, 0.05) is 14.6 Å². The summed E-state index contributed by atoms with van der Waals surface area (Å²) < 4.78 is 2.04. The molecule has 1 fully saturated rings. The predicted molar refractivity (Wildman–Crippen MR) is 81.1 cm³/mol. The Morgan fingerprint density at radius 2 is 2.35 bits per heavy atom. The van der Waals surface area contributed by atoms with E-state index in [-0.39, 0.29) is 11.8 Å². The third-order valence-electron chi connectivity index (χ3n) is 2.85. The third kappa shape index (κ3) is 3.66. The molecular formula is C12H14BrIN2O. The molecule has 1 heterocycles. The number of piperidine rings is 1. The van der Waals surface area contributed by atoms with Crippen LogP contribution in [0, 0.1) is 9.49 Å². The van der Waals surface area contributed by atoms with E-state index in [1.807, 2.05) is 18.2 Å². The second-order valence-corrected chi connectivity index (χ2v) is 6.26. The average molecular weight is 409 g/mol. The van der Waals surface area contributed by atoms with Gasteiger partial charge >= 0.3 is 0 Å². The molecule has 1 amide bonds. The van der Waals surface area contributed by atoms with Crippen LogP contribution in [0.3, 0.4) is 0 Å². The number of amides is 1. The maximum absolute atomic E-state index is 12.1. The summed E-state index contributed by atoms with van der Waals surface area (Å²) in [5.41, 5.74) is 0.854. The molecule has 1 aromatic carbocycles. The quantitative estimate of drug-likeness (QED) is 0.738. The normalized spacial score (nSPS) is 20.0. The highest BCUT2D eigenvalue weighted by molar-refractivity contribution is 14.1. The van der Waals surface area contributed by atoms with Crippen molar-refractivity contribution in [3.05, 3.63) is 26.2 Å². The van der Waals surface area contributed by atoms with E-state index in [1.165, 1.54) is 0 Å². The number of halogens is 2. The van der Waals surface area contributed by atoms with Crippen LogP contribution in [0.25, 0.3) is 0 Å². The second kappa shape index (κ2) is 6.15. The van der Waals surface area contributed by atoms with Crippen LogP contribution in [0.2, 0.25) is 0 Å². The zero-order valence-corrected chi connectivity index (χ0v) is 13.0. The first-order valence-corrected chi connectivity index (χ1v) is 7.50. The van der Waals surface area contributed by atoms with Crippen molar-refractivity contribution < 1.29 is 4.79 Å². The van der Waals surface area contributed by atoms with Gasteiger partial charge in [0.05, 0.1) is 11.6 Å². The van der Waals surface area contributed by atoms with E-state index in [0.717, 1.165) is 39.7 Å². The van der Waals surface area contributed by atoms with Gasteiger partial charge in [-0.2, -0.15) is 0 Å². The molecule has 0 saturated carbocycles. The van der Waals surface area contributed by atoms with E-state index in [9.17, 15) is 4.79 Å². The summed E-state index contributed by atoms with van der Waals surface area (Å²) in [6.07, 6.45) is 2.05. The number of anilines is 1. The van der Waals surface area contributed by atoms with Crippen molar-refractivity contribution in [2.24, 2.45) is 5.92 Å². The minimum absolute atomic E-state index is 0.0912. The van der Waals surface area contributed by atoms with Crippen LogP contribution in [0.1, 0.15) is 12.8 Å². The van der Waals surface area contributed by atoms with Crippen molar-refractivity contribution in [3.8, 4) is 0 Å². The summed E-state index contributed by atoms with van der Waals surface area (Å²) in [7, 11) is 0. The lowest BCUT2D eigenvalue weighted by molar-refractivity contribution is -0.120. The van der Waals surface area contributed by atoms with E-state index < -0.39 is 0 Å². The van der Waals surface area contributed by atoms with Crippen molar-refractivity contribution >= 4 is 50.1 Å². The number of carbonyl (C=O) groups excluding carboxylic acids is 1. The molecule has 0 aliphatic carbocycles. The van der Waals surface area contributed by atoms with Crippen LogP contribution >= 0.6 is 38.5 Å². The summed E-state index contributed by atoms with van der Waals surface area (Å²) >= 11 is 5.69. The zero-order chi connectivity index (χ0) is 12.3. The molecular weight excluding hydrogens is 395 g/mol. The maximum atomic E-state index is 12.1. The first-order valence-electron chi connectivity index (χ1n) is 5.63. The molecule has 1 aliphatic heterocycles. The molecule has 0 spiro atoms. The van der Waals surface area contributed by atoms with Gasteiger partial charge in [-0.1, -0.05) is 0 Å². The number of carbonyl (C=O) groups is 1. The second-order valence-electron chi connectivity index (χ2n) is 4.16. The fourth-order valence-electron chi connectivity index (χ4n) is 1.90. The molecule has 17 heavy (non-hydrogen) atoms. The molecule has 2 N–H and O–H groups in total. The van der Waals surface area contributed by atoms with Crippen LogP contribution in [-0.2, 0) is 4.79 Å². The van der Waals surface area contributed by atoms with Gasteiger partial charge in [-0.25, -0.2) is 0 Å². The van der Waals surface area contributed by atoms with Crippen LogP contribution in [0.15, 0.2) is 22.7 Å². The van der Waals surface area contributed by atoms with Crippen molar-refractivity contribution in [2.45, 2.75) is 12.8 Å². The van der Waals surface area contributed by atoms with Crippen LogP contribution in [-0.4, -0.2) is 19.0 Å². The summed E-state index contributed by atoms with van der Waals surface area (Å²) in [6, 6.07) is 5.93. The Bertz CT molecular complexity index is 419. The van der Waals surface area contributed by atoms with Crippen molar-refractivity contribution in [1.82, 2.24) is 5.32 Å². The summed E-state index contributed by atoms with van der Waals surface area (Å²) in [5, 5.41) is 6.24. The smallest absolute Gasteiger partial charge is 0.228 e. The molecule has 0 bridgehead atoms. The van der Waals surface area contributed by atoms with Crippen molar-refractivity contribution in [1.29, 1.82) is 0 Å². The number of rotatable bonds is 2. The molecule has 0 aromatic heterocycles. The fourth-order valence-corrected chi connectivity index (χ4v) is 2.74. The highest BCUT2D eigenvalue weighted by atomic mass is 127. The van der Waals surface area contributed by atoms with Gasteiger partial charge in [0.15, 0.2) is 0 Å². The first kappa shape index (κ1) is 13.3. The number of nitrogens with one attached hydrogen (secondary N) is 2. The molecule has 92 valence electrons. The lowest BCUT2D eigenvalue weighted by Gasteiger charge is -2.22. The standard InChI is InChI=1S/C12H14BrIN2O/c13-10-4-3-9(14)6-11(10)16-12(17)8-2-1-5-15-7-8/h3-4,6,8,15H,1-2,5,7H2,(H,16,17)/t8-/m1/s1. The van der Waals surface area contributed by atoms with E-state index in [2.05, 4.69) is 49.2 Å². The summed E-state index contributed by atoms with van der Waals surface area (Å²) in [6.45, 7) is 1.81. The SMILES string of the molecule is O=C(Nc1cc(I)ccc1Br)[C@@H]1CCCNC1. The average Bonchev–Trinajstić information content (AvgIpc) is 2.35. The molecule has 1 atom stereocenters. The van der Waals surface area contributed by atoms with E-state index in [4.69, 9.17) is 0 Å². The molecule has 1 aromatic rings. The zero-order valence-electron chi connectivity index (χ0n) is 9.30. The molecule has 5 heteroatoms. The minimum Gasteiger partial charge on any atom is -0.325 e. The highest BCUT2D eigenvalue weighted by Gasteiger charge is 2.21. The predicted octanol–water partition coefficient (Wildman–Crippen LogP) is 2.99. The van der Waals surface area contributed by atoms with Gasteiger partial charge in [-0.15, -0.1) is 0 Å². The Morgan fingerprint density at radius 3 is 3.06 bits per heavy atom. The number of hydrogen-bond donors (Lipinski definition) is 2. The van der Waals surface area contributed by atoms with E-state index in [1.54, 1.807) is 0 Å². The van der Waals surface area contributed by atoms with Gasteiger partial charge in [0.2, 0.25) is 5.91 Å². The monoisotopic (exact) mass is 408 g/mol. The van der Waals surface area contributed by atoms with E-state index in [0.29, 0.717) is 0 Å². The molecule has 1 aliphatic rings.